The Hall–Kier alpha value is -2.09. The summed E-state index contributed by atoms with van der Waals surface area (Å²) in [6.45, 7) is -1.77. The second-order valence-electron chi connectivity index (χ2n) is 3.67. The molecule has 0 bridgehead atoms. The highest BCUT2D eigenvalue weighted by Crippen LogP contribution is 2.21. The Morgan fingerprint density at radius 2 is 2.11 bits per heavy atom. The van der Waals surface area contributed by atoms with Crippen LogP contribution in [-0.2, 0) is 11.3 Å². The molecule has 0 aliphatic carbocycles. The summed E-state index contributed by atoms with van der Waals surface area (Å²) in [5, 5.41) is 12.8. The largest absolute Gasteiger partial charge is 0.508 e. The summed E-state index contributed by atoms with van der Waals surface area (Å²) in [5.41, 5.74) is 0.467. The maximum atomic E-state index is 11.9. The van der Waals surface area contributed by atoms with Crippen LogP contribution in [0.15, 0.2) is 28.8 Å². The number of hydrogen-bond donors (Lipinski definition) is 1. The van der Waals surface area contributed by atoms with Crippen LogP contribution in [0.2, 0.25) is 0 Å². The van der Waals surface area contributed by atoms with Crippen molar-refractivity contribution >= 4 is 0 Å². The van der Waals surface area contributed by atoms with Gasteiger partial charge in [0.15, 0.2) is 5.82 Å². The molecule has 0 atom stereocenters. The number of alkyl halides is 3. The smallest absolute Gasteiger partial charge is 0.411 e. The van der Waals surface area contributed by atoms with Crippen molar-refractivity contribution in [3.05, 3.63) is 30.1 Å². The van der Waals surface area contributed by atoms with Crippen molar-refractivity contribution in [2.75, 3.05) is 6.61 Å². The molecule has 1 heterocycles. The predicted octanol–water partition coefficient (Wildman–Crippen LogP) is 2.52. The molecule has 0 fully saturated rings. The highest BCUT2D eigenvalue weighted by molar-refractivity contribution is 5.55. The predicted molar refractivity (Wildman–Crippen MR) is 57.1 cm³/mol. The van der Waals surface area contributed by atoms with Crippen molar-refractivity contribution in [1.82, 2.24) is 10.1 Å². The molecule has 0 spiro atoms. The zero-order valence-electron chi connectivity index (χ0n) is 9.52. The van der Waals surface area contributed by atoms with Crippen LogP contribution in [0, 0.1) is 0 Å². The van der Waals surface area contributed by atoms with Gasteiger partial charge in [-0.1, -0.05) is 11.2 Å². The molecule has 2 aromatic rings. The minimum absolute atomic E-state index is 0.00240. The highest BCUT2D eigenvalue weighted by atomic mass is 19.4. The maximum Gasteiger partial charge on any atom is 0.411 e. The second kappa shape index (κ2) is 5.27. The zero-order chi connectivity index (χ0) is 13.9. The number of phenolic OH excluding ortho intramolecular Hbond substituents is 1. The molecule has 0 saturated carbocycles. The van der Waals surface area contributed by atoms with E-state index in [9.17, 15) is 18.3 Å². The average molecular weight is 274 g/mol. The van der Waals surface area contributed by atoms with E-state index in [0.717, 1.165) is 0 Å². The molecular formula is C11H9F3N2O3. The van der Waals surface area contributed by atoms with Gasteiger partial charge in [-0.25, -0.2) is 0 Å². The molecule has 102 valence electrons. The summed E-state index contributed by atoms with van der Waals surface area (Å²) < 4.78 is 44.8. The van der Waals surface area contributed by atoms with E-state index in [4.69, 9.17) is 4.52 Å². The summed E-state index contributed by atoms with van der Waals surface area (Å²) in [6.07, 6.45) is -4.39. The maximum absolute atomic E-state index is 11.9. The van der Waals surface area contributed by atoms with Gasteiger partial charge in [-0.05, 0) is 18.2 Å². The lowest BCUT2D eigenvalue weighted by Gasteiger charge is -2.04. The number of hydrogen-bond acceptors (Lipinski definition) is 5. The molecule has 0 aliphatic heterocycles. The molecule has 0 aliphatic rings. The second-order valence-corrected chi connectivity index (χ2v) is 3.67. The van der Waals surface area contributed by atoms with Crippen LogP contribution in [0.4, 0.5) is 13.2 Å². The van der Waals surface area contributed by atoms with E-state index in [0.29, 0.717) is 5.56 Å². The van der Waals surface area contributed by atoms with Crippen molar-refractivity contribution in [2.45, 2.75) is 12.8 Å². The fourth-order valence-electron chi connectivity index (χ4n) is 1.33. The van der Waals surface area contributed by atoms with Crippen molar-refractivity contribution in [3.63, 3.8) is 0 Å². The third-order valence-corrected chi connectivity index (χ3v) is 2.06. The van der Waals surface area contributed by atoms with Crippen LogP contribution in [0.3, 0.4) is 0 Å². The van der Waals surface area contributed by atoms with Crippen LogP contribution in [0.5, 0.6) is 5.75 Å². The number of nitrogens with zero attached hydrogens (tertiary/aromatic N) is 2. The van der Waals surface area contributed by atoms with Gasteiger partial charge in [-0.3, -0.25) is 0 Å². The van der Waals surface area contributed by atoms with E-state index in [1.807, 2.05) is 0 Å². The SMILES string of the molecule is Oc1cccc(-c2nc(COCC(F)(F)F)no2)c1. The fourth-order valence-corrected chi connectivity index (χ4v) is 1.33. The monoisotopic (exact) mass is 274 g/mol. The molecule has 1 aromatic carbocycles. The van der Waals surface area contributed by atoms with Gasteiger partial charge in [0.2, 0.25) is 0 Å². The lowest BCUT2D eigenvalue weighted by molar-refractivity contribution is -0.177. The Labute approximate surface area is 105 Å². The molecule has 1 N–H and O–H groups in total. The number of aromatic hydroxyl groups is 1. The lowest BCUT2D eigenvalue weighted by atomic mass is 10.2. The Kier molecular flexibility index (Phi) is 3.70. The molecule has 0 saturated heterocycles. The van der Waals surface area contributed by atoms with Crippen LogP contribution in [-0.4, -0.2) is 28.0 Å². The molecule has 0 unspecified atom stereocenters. The van der Waals surface area contributed by atoms with E-state index in [2.05, 4.69) is 14.9 Å². The first-order chi connectivity index (χ1) is 8.94. The van der Waals surface area contributed by atoms with Crippen molar-refractivity contribution in [1.29, 1.82) is 0 Å². The molecular weight excluding hydrogens is 265 g/mol. The Morgan fingerprint density at radius 1 is 1.32 bits per heavy atom. The van der Waals surface area contributed by atoms with Crippen molar-refractivity contribution in [3.8, 4) is 17.2 Å². The third kappa shape index (κ3) is 3.95. The summed E-state index contributed by atoms with van der Waals surface area (Å²) >= 11 is 0. The molecule has 19 heavy (non-hydrogen) atoms. The van der Waals surface area contributed by atoms with Crippen LogP contribution in [0.1, 0.15) is 5.82 Å². The van der Waals surface area contributed by atoms with Crippen molar-refractivity contribution < 1.29 is 27.5 Å². The number of benzene rings is 1. The number of halogens is 3. The highest BCUT2D eigenvalue weighted by Gasteiger charge is 2.27. The van der Waals surface area contributed by atoms with Crippen molar-refractivity contribution in [2.24, 2.45) is 0 Å². The van der Waals surface area contributed by atoms with E-state index in [-0.39, 0.29) is 17.5 Å². The summed E-state index contributed by atoms with van der Waals surface area (Å²) in [5.74, 6) is 0.120. The minimum Gasteiger partial charge on any atom is -0.508 e. The molecule has 8 heteroatoms. The molecule has 0 amide bonds. The molecule has 5 nitrogen and oxygen atoms in total. The van der Waals surface area contributed by atoms with Crippen LogP contribution >= 0.6 is 0 Å². The van der Waals surface area contributed by atoms with Gasteiger partial charge in [0.05, 0.1) is 0 Å². The van der Waals surface area contributed by atoms with Gasteiger partial charge in [0, 0.05) is 5.56 Å². The van der Waals surface area contributed by atoms with Gasteiger partial charge in [0.25, 0.3) is 5.89 Å². The van der Waals surface area contributed by atoms with Crippen LogP contribution in [0.25, 0.3) is 11.5 Å². The first-order valence-electron chi connectivity index (χ1n) is 5.20. The normalized spacial score (nSPS) is 11.7. The Morgan fingerprint density at radius 3 is 2.79 bits per heavy atom. The van der Waals surface area contributed by atoms with Gasteiger partial charge >= 0.3 is 6.18 Å². The third-order valence-electron chi connectivity index (χ3n) is 2.06. The van der Waals surface area contributed by atoms with E-state index < -0.39 is 19.4 Å². The number of rotatable bonds is 4. The number of phenols is 1. The average Bonchev–Trinajstić information content (AvgIpc) is 2.76. The van der Waals surface area contributed by atoms with Crippen LogP contribution < -0.4 is 0 Å². The molecule has 2 rings (SSSR count). The van der Waals surface area contributed by atoms with Gasteiger partial charge in [-0.2, -0.15) is 18.2 Å². The zero-order valence-corrected chi connectivity index (χ0v) is 9.52. The number of ether oxygens (including phenoxy) is 1. The Bertz CT molecular complexity index is 554. The summed E-state index contributed by atoms with van der Waals surface area (Å²) in [4.78, 5) is 3.86. The topological polar surface area (TPSA) is 68.4 Å². The first-order valence-corrected chi connectivity index (χ1v) is 5.20. The van der Waals surface area contributed by atoms with E-state index in [1.165, 1.54) is 12.1 Å². The van der Waals surface area contributed by atoms with Gasteiger partial charge < -0.3 is 14.4 Å². The van der Waals surface area contributed by atoms with Gasteiger partial charge in [0.1, 0.15) is 19.0 Å². The van der Waals surface area contributed by atoms with E-state index in [1.54, 1.807) is 12.1 Å². The first kappa shape index (κ1) is 13.3. The minimum atomic E-state index is -4.39. The number of aromatic nitrogens is 2. The van der Waals surface area contributed by atoms with E-state index >= 15 is 0 Å². The summed E-state index contributed by atoms with van der Waals surface area (Å²) in [7, 11) is 0. The quantitative estimate of drug-likeness (QED) is 0.927. The van der Waals surface area contributed by atoms with Gasteiger partial charge in [-0.15, -0.1) is 0 Å². The molecule has 0 radical (unpaired) electrons. The lowest BCUT2D eigenvalue weighted by Crippen LogP contribution is -2.16. The Balaban J connectivity index is 1.99. The summed E-state index contributed by atoms with van der Waals surface area (Å²) in [6, 6.07) is 6.06. The standard InChI is InChI=1S/C11H9F3N2O3/c12-11(13,14)6-18-5-9-15-10(19-16-9)7-2-1-3-8(17)4-7/h1-4,17H,5-6H2. The molecule has 1 aromatic heterocycles. The fraction of sp³-hybridized carbons (Fsp3) is 0.273.